The number of aromatic hydroxyl groups is 1. The number of carbonyl (C=O) groups is 1. The van der Waals surface area contributed by atoms with Crippen molar-refractivity contribution >= 4 is 17.8 Å². The summed E-state index contributed by atoms with van der Waals surface area (Å²) in [5.41, 5.74) is 4.62. The summed E-state index contributed by atoms with van der Waals surface area (Å²) in [5.74, 6) is -0.00669. The molecule has 0 saturated heterocycles. The van der Waals surface area contributed by atoms with Gasteiger partial charge in [0.05, 0.1) is 5.69 Å². The minimum Gasteiger partial charge on any atom is -0.506 e. The Hall–Kier alpha value is -3.39. The van der Waals surface area contributed by atoms with E-state index in [0.717, 1.165) is 24.2 Å². The predicted molar refractivity (Wildman–Crippen MR) is 132 cm³/mol. The number of amides is 1. The summed E-state index contributed by atoms with van der Waals surface area (Å²) < 4.78 is 0. The molecule has 0 radical (unpaired) electrons. The number of rotatable bonds is 13. The van der Waals surface area contributed by atoms with Crippen LogP contribution >= 0.6 is 0 Å². The van der Waals surface area contributed by atoms with Gasteiger partial charge in [0.2, 0.25) is 6.41 Å². The molecule has 1 amide bonds. The van der Waals surface area contributed by atoms with Gasteiger partial charge in [0, 0.05) is 31.2 Å². The Morgan fingerprint density at radius 1 is 0.970 bits per heavy atom. The maximum atomic E-state index is 10.6. The molecule has 0 saturated carbocycles. The van der Waals surface area contributed by atoms with Crippen LogP contribution < -0.4 is 21.3 Å². The van der Waals surface area contributed by atoms with Crippen molar-refractivity contribution in [2.75, 3.05) is 30.8 Å². The molecule has 0 aliphatic carbocycles. The fraction of sp³-hybridized carbons (Fsp3) is 0.269. The lowest BCUT2D eigenvalue weighted by molar-refractivity contribution is -0.105. The second kappa shape index (κ2) is 12.6. The molecule has 3 aromatic carbocycles. The average molecular weight is 449 g/mol. The first-order valence-electron chi connectivity index (χ1n) is 11.1. The Labute approximate surface area is 194 Å². The first-order valence-corrected chi connectivity index (χ1v) is 11.1. The number of aliphatic hydroxyl groups is 1. The van der Waals surface area contributed by atoms with Gasteiger partial charge in [-0.15, -0.1) is 0 Å². The van der Waals surface area contributed by atoms with E-state index in [1.165, 1.54) is 17.2 Å². The summed E-state index contributed by atoms with van der Waals surface area (Å²) in [5, 5.41) is 32.3. The minimum atomic E-state index is -0.726. The number of likely N-dealkylation sites (N-methyl/N-ethyl adjacent to an activating group) is 1. The summed E-state index contributed by atoms with van der Waals surface area (Å²) in [6, 6.07) is 23.8. The topological polar surface area (TPSA) is 106 Å². The van der Waals surface area contributed by atoms with Crippen molar-refractivity contribution in [2.24, 2.45) is 0 Å². The monoisotopic (exact) mass is 448 g/mol. The van der Waals surface area contributed by atoms with Crippen LogP contribution in [0.15, 0.2) is 72.8 Å². The lowest BCUT2D eigenvalue weighted by atomic mass is 10.1. The smallest absolute Gasteiger partial charge is 0.211 e. The van der Waals surface area contributed by atoms with Gasteiger partial charge in [0.1, 0.15) is 12.0 Å². The second-order valence-corrected chi connectivity index (χ2v) is 7.87. The van der Waals surface area contributed by atoms with Gasteiger partial charge < -0.3 is 26.2 Å². The zero-order chi connectivity index (χ0) is 23.5. The standard InChI is InChI=1S/C26H32N4O3/c1-27-24(21-5-3-2-4-6-21)17-29-22-10-7-19(8-11-22)13-14-28-26(33)16-20-9-12-25(32)23(15-20)30-18-31/h2-12,15,18,24,26-29,32-33H,13-14,16-17H2,1H3,(H,30,31)/t24-,26+/m0/s1. The number of carbonyl (C=O) groups excluding carboxylic acids is 1. The van der Waals surface area contributed by atoms with E-state index in [1.807, 2.05) is 25.2 Å². The van der Waals surface area contributed by atoms with E-state index >= 15 is 0 Å². The average Bonchev–Trinajstić information content (AvgIpc) is 2.83. The van der Waals surface area contributed by atoms with Crippen LogP contribution in [0.3, 0.4) is 0 Å². The van der Waals surface area contributed by atoms with E-state index in [2.05, 4.69) is 57.7 Å². The molecule has 3 rings (SSSR count). The second-order valence-electron chi connectivity index (χ2n) is 7.87. The molecule has 6 N–H and O–H groups in total. The molecular weight excluding hydrogens is 416 g/mol. The third-order valence-electron chi connectivity index (χ3n) is 5.51. The number of nitrogens with one attached hydrogen (secondary N) is 4. The third-order valence-corrected chi connectivity index (χ3v) is 5.51. The molecule has 0 unspecified atom stereocenters. The third kappa shape index (κ3) is 7.61. The normalized spacial score (nSPS) is 12.7. The zero-order valence-corrected chi connectivity index (χ0v) is 18.8. The number of aliphatic hydroxyl groups excluding tert-OH is 1. The Morgan fingerprint density at radius 3 is 2.39 bits per heavy atom. The van der Waals surface area contributed by atoms with E-state index in [9.17, 15) is 15.0 Å². The van der Waals surface area contributed by atoms with Crippen molar-refractivity contribution in [1.82, 2.24) is 10.6 Å². The number of benzene rings is 3. The fourth-order valence-electron chi connectivity index (χ4n) is 3.65. The van der Waals surface area contributed by atoms with Gasteiger partial charge in [-0.1, -0.05) is 48.5 Å². The first-order chi connectivity index (χ1) is 16.1. The van der Waals surface area contributed by atoms with Crippen LogP contribution in [0.1, 0.15) is 22.7 Å². The molecule has 0 aliphatic rings. The van der Waals surface area contributed by atoms with Crippen LogP contribution in [-0.2, 0) is 17.6 Å². The molecular formula is C26H32N4O3. The molecule has 2 atom stereocenters. The van der Waals surface area contributed by atoms with Gasteiger partial charge in [-0.25, -0.2) is 0 Å². The van der Waals surface area contributed by atoms with Crippen LogP contribution in [0, 0.1) is 0 Å². The molecule has 7 nitrogen and oxygen atoms in total. The molecule has 7 heteroatoms. The maximum absolute atomic E-state index is 10.6. The number of phenolic OH excluding ortho intramolecular Hbond substituents is 1. The lowest BCUT2D eigenvalue weighted by Gasteiger charge is -2.18. The Morgan fingerprint density at radius 2 is 1.70 bits per heavy atom. The molecule has 0 fully saturated rings. The van der Waals surface area contributed by atoms with Crippen molar-refractivity contribution < 1.29 is 15.0 Å². The highest BCUT2D eigenvalue weighted by Crippen LogP contribution is 2.24. The SMILES string of the molecule is CN[C@@H](CNc1ccc(CCN[C@H](O)Cc2ccc(O)c(NC=O)c2)cc1)c1ccccc1. The molecule has 0 aliphatic heterocycles. The first kappa shape index (κ1) is 24.3. The molecule has 0 spiro atoms. The van der Waals surface area contributed by atoms with Crippen molar-refractivity contribution in [3.05, 3.63) is 89.5 Å². The largest absolute Gasteiger partial charge is 0.506 e. The van der Waals surface area contributed by atoms with Gasteiger partial charge in [-0.3, -0.25) is 10.1 Å². The summed E-state index contributed by atoms with van der Waals surface area (Å²) in [6.45, 7) is 1.41. The zero-order valence-electron chi connectivity index (χ0n) is 18.8. The van der Waals surface area contributed by atoms with Crippen molar-refractivity contribution in [1.29, 1.82) is 0 Å². The molecule has 0 aromatic heterocycles. The quantitative estimate of drug-likeness (QED) is 0.136. The van der Waals surface area contributed by atoms with Gasteiger partial charge >= 0.3 is 0 Å². The number of phenols is 1. The van der Waals surface area contributed by atoms with Crippen LogP contribution in [0.2, 0.25) is 0 Å². The Bertz CT molecular complexity index is 996. The van der Waals surface area contributed by atoms with Crippen LogP contribution in [0.5, 0.6) is 5.75 Å². The summed E-state index contributed by atoms with van der Waals surface area (Å²) >= 11 is 0. The summed E-state index contributed by atoms with van der Waals surface area (Å²) in [7, 11) is 1.96. The van der Waals surface area contributed by atoms with E-state index in [1.54, 1.807) is 12.1 Å². The summed E-state index contributed by atoms with van der Waals surface area (Å²) in [6.07, 6.45) is 0.936. The van der Waals surface area contributed by atoms with Gasteiger partial charge in [-0.2, -0.15) is 0 Å². The van der Waals surface area contributed by atoms with E-state index in [-0.39, 0.29) is 11.8 Å². The highest BCUT2D eigenvalue weighted by atomic mass is 16.3. The van der Waals surface area contributed by atoms with Crippen LogP contribution in [-0.4, -0.2) is 43.0 Å². The highest BCUT2D eigenvalue weighted by molar-refractivity contribution is 5.75. The highest BCUT2D eigenvalue weighted by Gasteiger charge is 2.09. The molecule has 3 aromatic rings. The molecule has 0 bridgehead atoms. The Balaban J connectivity index is 1.42. The van der Waals surface area contributed by atoms with Crippen molar-refractivity contribution in [3.63, 3.8) is 0 Å². The number of anilines is 2. The van der Waals surface area contributed by atoms with Crippen LogP contribution in [0.25, 0.3) is 0 Å². The van der Waals surface area contributed by atoms with Crippen LogP contribution in [0.4, 0.5) is 11.4 Å². The van der Waals surface area contributed by atoms with E-state index in [4.69, 9.17) is 0 Å². The predicted octanol–water partition coefficient (Wildman–Crippen LogP) is 3.03. The Kier molecular flexibility index (Phi) is 9.26. The van der Waals surface area contributed by atoms with Gasteiger partial charge in [0.15, 0.2) is 0 Å². The van der Waals surface area contributed by atoms with E-state index < -0.39 is 6.23 Å². The van der Waals surface area contributed by atoms with Gasteiger partial charge in [0.25, 0.3) is 0 Å². The lowest BCUT2D eigenvalue weighted by Crippen LogP contribution is -2.32. The number of hydrogen-bond donors (Lipinski definition) is 6. The fourth-order valence-corrected chi connectivity index (χ4v) is 3.65. The molecule has 33 heavy (non-hydrogen) atoms. The molecule has 0 heterocycles. The van der Waals surface area contributed by atoms with Crippen molar-refractivity contribution in [3.8, 4) is 5.75 Å². The maximum Gasteiger partial charge on any atom is 0.211 e. The summed E-state index contributed by atoms with van der Waals surface area (Å²) in [4.78, 5) is 10.6. The molecule has 174 valence electrons. The van der Waals surface area contributed by atoms with Gasteiger partial charge in [-0.05, 0) is 54.4 Å². The van der Waals surface area contributed by atoms with E-state index in [0.29, 0.717) is 25.1 Å². The minimum absolute atomic E-state index is 0.00669. The number of hydrogen-bond acceptors (Lipinski definition) is 6. The van der Waals surface area contributed by atoms with Crippen molar-refractivity contribution in [2.45, 2.75) is 25.1 Å².